The van der Waals surface area contributed by atoms with Crippen LogP contribution < -0.4 is 9.47 Å². The van der Waals surface area contributed by atoms with Crippen LogP contribution in [0.3, 0.4) is 0 Å². The fourth-order valence-electron chi connectivity index (χ4n) is 5.20. The molecule has 2 aromatic carbocycles. The van der Waals surface area contributed by atoms with E-state index in [1.54, 1.807) is 0 Å². The van der Waals surface area contributed by atoms with Crippen molar-refractivity contribution in [1.82, 2.24) is 0 Å². The summed E-state index contributed by atoms with van der Waals surface area (Å²) < 4.78 is 60.7. The Balaban J connectivity index is 1.21. The largest absolute Gasteiger partial charge is 0.494 e. The van der Waals surface area contributed by atoms with Gasteiger partial charge in [-0.25, -0.2) is 0 Å². The third-order valence-electron chi connectivity index (χ3n) is 7.37. The van der Waals surface area contributed by atoms with E-state index >= 15 is 0 Å². The summed E-state index contributed by atoms with van der Waals surface area (Å²) in [5.74, 6) is 1.72. The topological polar surface area (TPSA) is 92.3 Å². The standard InChI is InChI=1S/C28H47O10Si8/c1-28(2,24-12-16-26(17-13-24)29-20-10-22-45-35-41(5)31-39(3)32-42(6)36-45)25-14-18-27(19-15-25)30-21-11-23-46(9)37-43(7)33-40(4)34-44(8)38-46/h12-19H,10-11,20-23H2,1-9H3. The molecule has 46 heavy (non-hydrogen) atoms. The molecule has 4 rings (SSSR count). The second-order valence-electron chi connectivity index (χ2n) is 11.8. The second-order valence-corrected chi connectivity index (χ2v) is 28.3. The smallest absolute Gasteiger partial charge is 0.365 e. The van der Waals surface area contributed by atoms with Crippen LogP contribution in [-0.4, -0.2) is 86.8 Å². The quantitative estimate of drug-likeness (QED) is 0.190. The molecule has 0 bridgehead atoms. The zero-order chi connectivity index (χ0) is 33.3. The fraction of sp³-hybridized carbons (Fsp3) is 0.571. The van der Waals surface area contributed by atoms with Crippen LogP contribution in [0.25, 0.3) is 0 Å². The van der Waals surface area contributed by atoms with Crippen LogP contribution in [0.5, 0.6) is 11.5 Å². The normalized spacial score (nSPS) is 21.0. The number of hydrogen-bond acceptors (Lipinski definition) is 10. The van der Waals surface area contributed by atoms with E-state index in [9.17, 15) is 0 Å². The van der Waals surface area contributed by atoms with Crippen LogP contribution in [0.2, 0.25) is 57.9 Å². The molecule has 0 aliphatic carbocycles. The lowest BCUT2D eigenvalue weighted by molar-refractivity contribution is 0.266. The Labute approximate surface area is 289 Å². The number of hydrogen-bond donors (Lipinski definition) is 0. The predicted molar refractivity (Wildman–Crippen MR) is 191 cm³/mol. The zero-order valence-electron chi connectivity index (χ0n) is 28.4. The summed E-state index contributed by atoms with van der Waals surface area (Å²) in [4.78, 5) is 0. The van der Waals surface area contributed by atoms with Gasteiger partial charge < -0.3 is 42.4 Å². The molecule has 2 saturated heterocycles. The number of rotatable bonds is 12. The summed E-state index contributed by atoms with van der Waals surface area (Å²) in [6, 6.07) is 18.5. The van der Waals surface area contributed by atoms with Gasteiger partial charge in [-0.15, -0.1) is 0 Å². The predicted octanol–water partition coefficient (Wildman–Crippen LogP) is 5.98. The van der Waals surface area contributed by atoms with E-state index in [1.165, 1.54) is 11.1 Å². The van der Waals surface area contributed by atoms with E-state index in [0.717, 1.165) is 36.4 Å². The van der Waals surface area contributed by atoms with Crippen molar-refractivity contribution in [3.05, 3.63) is 59.7 Å². The minimum absolute atomic E-state index is 0.174. The molecular formula is C28H47O10Si8. The summed E-state index contributed by atoms with van der Waals surface area (Å²) in [6.45, 7) is 19.9. The maximum absolute atomic E-state index is 6.33. The third kappa shape index (κ3) is 12.1. The maximum Gasteiger partial charge on any atom is 0.365 e. The van der Waals surface area contributed by atoms with Crippen LogP contribution in [0, 0.1) is 0 Å². The first-order valence-corrected chi connectivity index (χ1v) is 30.5. The summed E-state index contributed by atoms with van der Waals surface area (Å²) in [6.07, 6.45) is 1.71. The van der Waals surface area contributed by atoms with Gasteiger partial charge in [-0.05, 0) is 106 Å². The van der Waals surface area contributed by atoms with Gasteiger partial charge in [0.2, 0.25) is 0 Å². The molecule has 0 unspecified atom stereocenters. The van der Waals surface area contributed by atoms with Crippen molar-refractivity contribution < 1.29 is 42.4 Å². The molecule has 0 saturated carbocycles. The Bertz CT molecular complexity index is 1170. The Morgan fingerprint density at radius 2 is 0.957 bits per heavy atom. The lowest BCUT2D eigenvalue weighted by atomic mass is 9.78. The summed E-state index contributed by atoms with van der Waals surface area (Å²) in [5.41, 5.74) is 2.27. The molecule has 2 fully saturated rings. The van der Waals surface area contributed by atoms with Crippen LogP contribution >= 0.6 is 0 Å². The van der Waals surface area contributed by atoms with Crippen LogP contribution in [0.15, 0.2) is 48.5 Å². The molecule has 2 aromatic rings. The van der Waals surface area contributed by atoms with Gasteiger partial charge >= 0.3 is 73.5 Å². The highest BCUT2D eigenvalue weighted by Crippen LogP contribution is 2.33. The maximum atomic E-state index is 6.33. The number of benzene rings is 2. The highest BCUT2D eigenvalue weighted by atomic mass is 28.5. The molecule has 0 aromatic heterocycles. The Hall–Kier alpha value is -0.545. The van der Waals surface area contributed by atoms with E-state index in [0.29, 0.717) is 13.2 Å². The fourth-order valence-corrected chi connectivity index (χ4v) is 26.3. The van der Waals surface area contributed by atoms with Gasteiger partial charge in [0, 0.05) is 5.41 Å². The first-order valence-electron chi connectivity index (χ1n) is 15.6. The van der Waals surface area contributed by atoms with Gasteiger partial charge in [-0.2, -0.15) is 0 Å². The van der Waals surface area contributed by atoms with Crippen molar-refractivity contribution in [2.45, 2.75) is 90.0 Å². The molecule has 0 atom stereocenters. The molecule has 2 heterocycles. The summed E-state index contributed by atoms with van der Waals surface area (Å²) >= 11 is 0. The highest BCUT2D eigenvalue weighted by molar-refractivity contribution is 6.81. The average Bonchev–Trinajstić information content (AvgIpc) is 2.96. The molecule has 2 aliphatic rings. The molecular weight excluding hydrogens is 721 g/mol. The van der Waals surface area contributed by atoms with Crippen LogP contribution in [0.4, 0.5) is 0 Å². The Morgan fingerprint density at radius 3 is 1.41 bits per heavy atom. The first-order chi connectivity index (χ1) is 21.8. The van der Waals surface area contributed by atoms with Crippen molar-refractivity contribution in [2.75, 3.05) is 13.2 Å². The van der Waals surface area contributed by atoms with Gasteiger partial charge in [-0.3, -0.25) is 0 Å². The van der Waals surface area contributed by atoms with Gasteiger partial charge in [0.05, 0.1) is 13.2 Å². The second kappa shape index (κ2) is 17.9. The Kier molecular flexibility index (Phi) is 14.9. The highest BCUT2D eigenvalue weighted by Gasteiger charge is 2.40. The molecule has 2 aliphatic heterocycles. The van der Waals surface area contributed by atoms with E-state index in [1.807, 2.05) is 39.3 Å². The van der Waals surface area contributed by atoms with Crippen molar-refractivity contribution in [3.8, 4) is 11.5 Å². The SMILES string of the molecule is C[Si]1O[Si](C)O[Si](CCCOc2ccc(C(C)(C)c3ccc(OCCC[Si]4(C)O[Si](C)O[Si](C)O[Si](C)O4)cc3)cc2)O[Si](C)O1. The molecule has 10 nitrogen and oxygen atoms in total. The summed E-state index contributed by atoms with van der Waals surface area (Å²) in [7, 11) is -11.7. The van der Waals surface area contributed by atoms with Crippen molar-refractivity contribution in [3.63, 3.8) is 0 Å². The van der Waals surface area contributed by atoms with Gasteiger partial charge in [0.15, 0.2) is 0 Å². The van der Waals surface area contributed by atoms with Crippen LogP contribution in [-0.2, 0) is 38.3 Å². The van der Waals surface area contributed by atoms with E-state index in [2.05, 4.69) is 68.9 Å². The number of ether oxygens (including phenoxy) is 2. The minimum atomic E-state index is -2.36. The monoisotopic (exact) mass is 767 g/mol. The third-order valence-corrected chi connectivity index (χ3v) is 28.5. The van der Waals surface area contributed by atoms with Crippen molar-refractivity contribution in [2.24, 2.45) is 0 Å². The van der Waals surface area contributed by atoms with E-state index < -0.39 is 73.5 Å². The molecule has 7 radical (unpaired) electrons. The van der Waals surface area contributed by atoms with Gasteiger partial charge in [0.25, 0.3) is 0 Å². The van der Waals surface area contributed by atoms with Crippen LogP contribution in [0.1, 0.15) is 37.8 Å². The molecule has 18 heteroatoms. The van der Waals surface area contributed by atoms with E-state index in [4.69, 9.17) is 42.4 Å². The van der Waals surface area contributed by atoms with Crippen molar-refractivity contribution in [1.29, 1.82) is 0 Å². The molecule has 0 N–H and O–H groups in total. The average molecular weight is 768 g/mol. The molecule has 251 valence electrons. The molecule has 0 spiro atoms. The first kappa shape index (κ1) is 38.3. The van der Waals surface area contributed by atoms with E-state index in [-0.39, 0.29) is 5.41 Å². The van der Waals surface area contributed by atoms with Gasteiger partial charge in [-0.1, -0.05) is 38.1 Å². The minimum Gasteiger partial charge on any atom is -0.494 e. The Morgan fingerprint density at radius 1 is 0.565 bits per heavy atom. The molecule has 0 amide bonds. The lowest BCUT2D eigenvalue weighted by Crippen LogP contribution is -2.53. The lowest BCUT2D eigenvalue weighted by Gasteiger charge is -2.35. The van der Waals surface area contributed by atoms with Gasteiger partial charge in [0.1, 0.15) is 11.5 Å². The van der Waals surface area contributed by atoms with Crippen molar-refractivity contribution >= 4 is 73.5 Å². The zero-order valence-corrected chi connectivity index (χ0v) is 36.4. The summed E-state index contributed by atoms with van der Waals surface area (Å²) in [5, 5.41) is 0.